The van der Waals surface area contributed by atoms with E-state index in [1.165, 1.54) is 6.07 Å². The summed E-state index contributed by atoms with van der Waals surface area (Å²) in [4.78, 5) is 22.3. The molecule has 1 aliphatic carbocycles. The van der Waals surface area contributed by atoms with E-state index in [9.17, 15) is 14.7 Å². The second-order valence-corrected chi connectivity index (χ2v) is 5.22. The van der Waals surface area contributed by atoms with Crippen molar-refractivity contribution >= 4 is 17.5 Å². The van der Waals surface area contributed by atoms with E-state index in [4.69, 9.17) is 5.11 Å². The van der Waals surface area contributed by atoms with Crippen molar-refractivity contribution in [1.82, 2.24) is 0 Å². The maximum Gasteiger partial charge on any atom is 0.335 e. The monoisotopic (exact) mass is 272 g/mol. The third-order valence-electron chi connectivity index (χ3n) is 3.89. The lowest BCUT2D eigenvalue weighted by Crippen LogP contribution is -2.33. The van der Waals surface area contributed by atoms with Gasteiger partial charge < -0.3 is 10.2 Å². The molecule has 0 heterocycles. The summed E-state index contributed by atoms with van der Waals surface area (Å²) in [5.41, 5.74) is 0.921. The van der Waals surface area contributed by atoms with Crippen LogP contribution in [-0.2, 0) is 4.79 Å². The van der Waals surface area contributed by atoms with Crippen LogP contribution in [0.1, 0.15) is 29.8 Å². The molecule has 0 spiro atoms. The van der Waals surface area contributed by atoms with Gasteiger partial charge in [0.1, 0.15) is 0 Å². The highest BCUT2D eigenvalue weighted by Gasteiger charge is 2.37. The smallest absolute Gasteiger partial charge is 0.335 e. The largest absolute Gasteiger partial charge is 0.481 e. The number of aromatic carboxylic acids is 1. The number of allylic oxidation sites excluding steroid dienone is 3. The summed E-state index contributed by atoms with van der Waals surface area (Å²) in [6.07, 6.45) is 5.28. The molecule has 0 bridgehead atoms. The van der Waals surface area contributed by atoms with E-state index in [1.807, 2.05) is 19.1 Å². The molecule has 1 aromatic carbocycles. The average Bonchev–Trinajstić information content (AvgIpc) is 2.41. The van der Waals surface area contributed by atoms with Gasteiger partial charge in [0.2, 0.25) is 0 Å². The molecular weight excluding hydrogens is 256 g/mol. The van der Waals surface area contributed by atoms with Crippen LogP contribution >= 0.6 is 0 Å². The minimum Gasteiger partial charge on any atom is -0.481 e. The molecule has 4 heteroatoms. The zero-order valence-corrected chi connectivity index (χ0v) is 11.3. The van der Waals surface area contributed by atoms with Crippen molar-refractivity contribution in [3.05, 3.63) is 53.6 Å². The highest BCUT2D eigenvalue weighted by molar-refractivity contribution is 5.90. The summed E-state index contributed by atoms with van der Waals surface area (Å²) in [7, 11) is 0. The Bertz CT molecular complexity index is 627. The average molecular weight is 272 g/mol. The van der Waals surface area contributed by atoms with Crippen LogP contribution in [0.15, 0.2) is 42.5 Å². The summed E-state index contributed by atoms with van der Waals surface area (Å²) < 4.78 is 0. The quantitative estimate of drug-likeness (QED) is 0.886. The van der Waals surface area contributed by atoms with Crippen LogP contribution in [0.2, 0.25) is 0 Å². The molecule has 104 valence electrons. The number of hydrogen-bond acceptors (Lipinski definition) is 2. The van der Waals surface area contributed by atoms with Crippen molar-refractivity contribution in [1.29, 1.82) is 0 Å². The van der Waals surface area contributed by atoms with E-state index in [2.05, 4.69) is 0 Å². The second-order valence-electron chi connectivity index (χ2n) is 5.22. The Hall–Kier alpha value is -2.36. The molecular formula is C16H16O4. The Morgan fingerprint density at radius 1 is 1.25 bits per heavy atom. The standard InChI is InChI=1S/C16H16O4/c1-10-8-12(6-7-16(10,2)15(19)20)11-4-3-5-13(9-11)14(17)18/h3-10H,1-2H3,(H,17,18)(H,19,20). The van der Waals surface area contributed by atoms with Gasteiger partial charge in [-0.1, -0.05) is 37.3 Å². The Morgan fingerprint density at radius 2 is 1.95 bits per heavy atom. The van der Waals surface area contributed by atoms with E-state index in [0.717, 1.165) is 11.1 Å². The third kappa shape index (κ3) is 2.37. The van der Waals surface area contributed by atoms with E-state index in [-0.39, 0.29) is 11.5 Å². The molecule has 0 fully saturated rings. The van der Waals surface area contributed by atoms with Gasteiger partial charge in [-0.25, -0.2) is 4.79 Å². The SMILES string of the molecule is CC1C=C(c2cccc(C(=O)O)c2)C=CC1(C)C(=O)O. The highest BCUT2D eigenvalue weighted by Crippen LogP contribution is 2.37. The van der Waals surface area contributed by atoms with Crippen molar-refractivity contribution in [3.63, 3.8) is 0 Å². The van der Waals surface area contributed by atoms with Gasteiger partial charge in [-0.15, -0.1) is 0 Å². The first kappa shape index (κ1) is 14.1. The lowest BCUT2D eigenvalue weighted by molar-refractivity contribution is -0.146. The molecule has 0 amide bonds. The molecule has 0 aromatic heterocycles. The van der Waals surface area contributed by atoms with Crippen LogP contribution in [0.4, 0.5) is 0 Å². The summed E-state index contributed by atoms with van der Waals surface area (Å²) in [6, 6.07) is 6.63. The van der Waals surface area contributed by atoms with Crippen molar-refractivity contribution in [2.45, 2.75) is 13.8 Å². The summed E-state index contributed by atoms with van der Waals surface area (Å²) in [5.74, 6) is -2.01. The summed E-state index contributed by atoms with van der Waals surface area (Å²) in [6.45, 7) is 3.52. The Labute approximate surface area is 117 Å². The lowest BCUT2D eigenvalue weighted by Gasteiger charge is -2.30. The number of carboxylic acids is 2. The molecule has 0 saturated heterocycles. The predicted molar refractivity (Wildman–Crippen MR) is 75.4 cm³/mol. The van der Waals surface area contributed by atoms with Crippen molar-refractivity contribution in [3.8, 4) is 0 Å². The molecule has 1 aliphatic rings. The second kappa shape index (κ2) is 4.96. The first-order chi connectivity index (χ1) is 9.34. The van der Waals surface area contributed by atoms with Gasteiger partial charge in [-0.3, -0.25) is 4.79 Å². The number of carbonyl (C=O) groups is 2. The predicted octanol–water partition coefficient (Wildman–Crippen LogP) is 3.07. The number of rotatable bonds is 3. The van der Waals surface area contributed by atoms with Crippen LogP contribution < -0.4 is 0 Å². The Morgan fingerprint density at radius 3 is 2.50 bits per heavy atom. The fourth-order valence-corrected chi connectivity index (χ4v) is 2.20. The number of carboxylic acid groups (broad SMARTS) is 2. The van der Waals surface area contributed by atoms with E-state index < -0.39 is 17.4 Å². The van der Waals surface area contributed by atoms with Crippen molar-refractivity contribution in [2.75, 3.05) is 0 Å². The molecule has 4 nitrogen and oxygen atoms in total. The fraction of sp³-hybridized carbons (Fsp3) is 0.250. The normalized spacial score (nSPS) is 25.1. The molecule has 0 radical (unpaired) electrons. The molecule has 0 aliphatic heterocycles. The summed E-state index contributed by atoms with van der Waals surface area (Å²) >= 11 is 0. The summed E-state index contributed by atoms with van der Waals surface area (Å²) in [5, 5.41) is 18.3. The number of benzene rings is 1. The Kier molecular flexibility index (Phi) is 3.49. The van der Waals surface area contributed by atoms with Crippen molar-refractivity contribution < 1.29 is 19.8 Å². The van der Waals surface area contributed by atoms with Gasteiger partial charge in [0.05, 0.1) is 11.0 Å². The molecule has 2 N–H and O–H groups in total. The first-order valence-electron chi connectivity index (χ1n) is 6.33. The van der Waals surface area contributed by atoms with Crippen LogP contribution in [0, 0.1) is 11.3 Å². The van der Waals surface area contributed by atoms with E-state index in [0.29, 0.717) is 0 Å². The zero-order valence-electron chi connectivity index (χ0n) is 11.3. The van der Waals surface area contributed by atoms with Gasteiger partial charge >= 0.3 is 11.9 Å². The maximum absolute atomic E-state index is 11.3. The molecule has 2 unspecified atom stereocenters. The van der Waals surface area contributed by atoms with Crippen LogP contribution in [0.5, 0.6) is 0 Å². The number of aliphatic carboxylic acids is 1. The fourth-order valence-electron chi connectivity index (χ4n) is 2.20. The van der Waals surface area contributed by atoms with Gasteiger partial charge in [-0.2, -0.15) is 0 Å². The minimum absolute atomic E-state index is 0.173. The molecule has 2 rings (SSSR count). The maximum atomic E-state index is 11.3. The van der Waals surface area contributed by atoms with Gasteiger partial charge in [-0.05, 0) is 36.1 Å². The molecule has 0 saturated carbocycles. The van der Waals surface area contributed by atoms with Gasteiger partial charge in [0.15, 0.2) is 0 Å². The lowest BCUT2D eigenvalue weighted by atomic mass is 9.73. The first-order valence-corrected chi connectivity index (χ1v) is 6.33. The van der Waals surface area contributed by atoms with Crippen LogP contribution in [0.3, 0.4) is 0 Å². The van der Waals surface area contributed by atoms with Gasteiger partial charge in [0, 0.05) is 0 Å². The van der Waals surface area contributed by atoms with Crippen molar-refractivity contribution in [2.24, 2.45) is 11.3 Å². The van der Waals surface area contributed by atoms with Crippen LogP contribution in [-0.4, -0.2) is 22.2 Å². The third-order valence-corrected chi connectivity index (χ3v) is 3.89. The number of hydrogen-bond donors (Lipinski definition) is 2. The minimum atomic E-state index is -0.976. The Balaban J connectivity index is 2.38. The topological polar surface area (TPSA) is 74.6 Å². The molecule has 1 aromatic rings. The molecule has 2 atom stereocenters. The zero-order chi connectivity index (χ0) is 14.9. The van der Waals surface area contributed by atoms with E-state index >= 15 is 0 Å². The molecule has 20 heavy (non-hydrogen) atoms. The van der Waals surface area contributed by atoms with E-state index in [1.54, 1.807) is 31.2 Å². The van der Waals surface area contributed by atoms with Crippen LogP contribution in [0.25, 0.3) is 5.57 Å². The highest BCUT2D eigenvalue weighted by atomic mass is 16.4. The van der Waals surface area contributed by atoms with Gasteiger partial charge in [0.25, 0.3) is 0 Å².